The maximum Gasteiger partial charge on any atom is 0.219 e. The zero-order chi connectivity index (χ0) is 10.1. The van der Waals surface area contributed by atoms with Crippen LogP contribution < -0.4 is 11.1 Å². The van der Waals surface area contributed by atoms with Crippen molar-refractivity contribution in [3.05, 3.63) is 0 Å². The fourth-order valence-corrected chi connectivity index (χ4v) is 1.90. The first-order valence-corrected chi connectivity index (χ1v) is 4.48. The largest absolute Gasteiger partial charge is 0.379 e. The molecule has 4 nitrogen and oxygen atoms in total. The van der Waals surface area contributed by atoms with Gasteiger partial charge < -0.3 is 15.8 Å². The van der Waals surface area contributed by atoms with Gasteiger partial charge in [-0.25, -0.2) is 0 Å². The van der Waals surface area contributed by atoms with Gasteiger partial charge in [-0.3, -0.25) is 4.79 Å². The molecule has 4 heteroatoms. The SMILES string of the molecule is CNC1(CC(N)=O)COCC1(C)C. The number of carbonyl (C=O) groups is 1. The Labute approximate surface area is 78.8 Å². The summed E-state index contributed by atoms with van der Waals surface area (Å²) in [6, 6.07) is 0. The zero-order valence-electron chi connectivity index (χ0n) is 8.52. The molecule has 1 fully saturated rings. The van der Waals surface area contributed by atoms with Gasteiger partial charge in [0.05, 0.1) is 18.8 Å². The topological polar surface area (TPSA) is 64.3 Å². The second-order valence-electron chi connectivity index (χ2n) is 4.35. The monoisotopic (exact) mass is 186 g/mol. The van der Waals surface area contributed by atoms with Crippen molar-refractivity contribution < 1.29 is 9.53 Å². The predicted molar refractivity (Wildman–Crippen MR) is 50.2 cm³/mol. The molecule has 1 aliphatic heterocycles. The normalized spacial score (nSPS) is 31.9. The summed E-state index contributed by atoms with van der Waals surface area (Å²) in [7, 11) is 1.85. The quantitative estimate of drug-likeness (QED) is 0.645. The van der Waals surface area contributed by atoms with Gasteiger partial charge in [-0.2, -0.15) is 0 Å². The average molecular weight is 186 g/mol. The number of nitrogens with one attached hydrogen (secondary N) is 1. The Morgan fingerprint density at radius 3 is 2.46 bits per heavy atom. The molecule has 0 aromatic carbocycles. The molecule has 13 heavy (non-hydrogen) atoms. The molecule has 0 aromatic rings. The van der Waals surface area contributed by atoms with Crippen molar-refractivity contribution in [3.63, 3.8) is 0 Å². The van der Waals surface area contributed by atoms with Crippen LogP contribution in [-0.2, 0) is 9.53 Å². The number of primary amides is 1. The van der Waals surface area contributed by atoms with Gasteiger partial charge in [0.1, 0.15) is 0 Å². The van der Waals surface area contributed by atoms with Gasteiger partial charge >= 0.3 is 0 Å². The number of ether oxygens (including phenoxy) is 1. The highest BCUT2D eigenvalue weighted by atomic mass is 16.5. The van der Waals surface area contributed by atoms with Crippen LogP contribution >= 0.6 is 0 Å². The van der Waals surface area contributed by atoms with Crippen LogP contribution in [-0.4, -0.2) is 31.7 Å². The van der Waals surface area contributed by atoms with E-state index in [9.17, 15) is 4.79 Å². The molecule has 0 aliphatic carbocycles. The molecular weight excluding hydrogens is 168 g/mol. The minimum Gasteiger partial charge on any atom is -0.379 e. The van der Waals surface area contributed by atoms with Crippen molar-refractivity contribution in [1.29, 1.82) is 0 Å². The maximum atomic E-state index is 10.9. The number of likely N-dealkylation sites (N-methyl/N-ethyl adjacent to an activating group) is 1. The fraction of sp³-hybridized carbons (Fsp3) is 0.889. The van der Waals surface area contributed by atoms with E-state index in [0.717, 1.165) is 0 Å². The molecule has 3 N–H and O–H groups in total. The summed E-state index contributed by atoms with van der Waals surface area (Å²) in [6.45, 7) is 5.39. The van der Waals surface area contributed by atoms with Crippen molar-refractivity contribution >= 4 is 5.91 Å². The number of carbonyl (C=O) groups excluding carboxylic acids is 1. The van der Waals surface area contributed by atoms with Crippen molar-refractivity contribution in [3.8, 4) is 0 Å². The van der Waals surface area contributed by atoms with Crippen LogP contribution in [0, 0.1) is 5.41 Å². The number of hydrogen-bond acceptors (Lipinski definition) is 3. The van der Waals surface area contributed by atoms with Crippen LogP contribution in [0.25, 0.3) is 0 Å². The lowest BCUT2D eigenvalue weighted by atomic mass is 9.73. The van der Waals surface area contributed by atoms with E-state index in [1.165, 1.54) is 0 Å². The van der Waals surface area contributed by atoms with Crippen LogP contribution in [0.5, 0.6) is 0 Å². The highest BCUT2D eigenvalue weighted by Crippen LogP contribution is 2.39. The number of nitrogens with two attached hydrogens (primary N) is 1. The van der Waals surface area contributed by atoms with Gasteiger partial charge in [-0.15, -0.1) is 0 Å². The van der Waals surface area contributed by atoms with Gasteiger partial charge in [0.2, 0.25) is 5.91 Å². The van der Waals surface area contributed by atoms with E-state index in [-0.39, 0.29) is 16.9 Å². The highest BCUT2D eigenvalue weighted by molar-refractivity contribution is 5.75. The summed E-state index contributed by atoms with van der Waals surface area (Å²) in [5, 5.41) is 3.17. The molecule has 1 atom stereocenters. The molecule has 1 rings (SSSR count). The number of rotatable bonds is 3. The highest BCUT2D eigenvalue weighted by Gasteiger charge is 2.49. The van der Waals surface area contributed by atoms with Gasteiger partial charge in [0.25, 0.3) is 0 Å². The number of hydrogen-bond donors (Lipinski definition) is 2. The van der Waals surface area contributed by atoms with Crippen LogP contribution in [0.2, 0.25) is 0 Å². The first kappa shape index (κ1) is 10.5. The zero-order valence-corrected chi connectivity index (χ0v) is 8.52. The predicted octanol–water partition coefficient (Wildman–Crippen LogP) is -0.124. The minimum absolute atomic E-state index is 0.0449. The lowest BCUT2D eigenvalue weighted by Gasteiger charge is -2.38. The lowest BCUT2D eigenvalue weighted by molar-refractivity contribution is -0.120. The number of amides is 1. The van der Waals surface area contributed by atoms with Gasteiger partial charge in [-0.1, -0.05) is 13.8 Å². The molecular formula is C9H18N2O2. The molecule has 0 saturated carbocycles. The summed E-state index contributed by atoms with van der Waals surface area (Å²) in [4.78, 5) is 10.9. The first-order chi connectivity index (χ1) is 5.93. The summed E-state index contributed by atoms with van der Waals surface area (Å²) in [5.74, 6) is -0.284. The first-order valence-electron chi connectivity index (χ1n) is 4.48. The Hall–Kier alpha value is -0.610. The maximum absolute atomic E-state index is 10.9. The van der Waals surface area contributed by atoms with E-state index in [0.29, 0.717) is 19.6 Å². The molecule has 0 bridgehead atoms. The summed E-state index contributed by atoms with van der Waals surface area (Å²) >= 11 is 0. The van der Waals surface area contributed by atoms with Crippen LogP contribution in [0.1, 0.15) is 20.3 Å². The van der Waals surface area contributed by atoms with Crippen LogP contribution in [0.4, 0.5) is 0 Å². The van der Waals surface area contributed by atoms with Crippen molar-refractivity contribution in [2.24, 2.45) is 11.1 Å². The third-order valence-electron chi connectivity index (χ3n) is 3.06. The Bertz CT molecular complexity index is 216. The molecule has 76 valence electrons. The Morgan fingerprint density at radius 2 is 2.15 bits per heavy atom. The molecule has 1 amide bonds. The van der Waals surface area contributed by atoms with Gasteiger partial charge in [0.15, 0.2) is 0 Å². The molecule has 0 spiro atoms. The lowest BCUT2D eigenvalue weighted by Crippen LogP contribution is -2.56. The van der Waals surface area contributed by atoms with E-state index in [1.54, 1.807) is 0 Å². The standard InChI is InChI=1S/C9H18N2O2/c1-8(2)5-13-6-9(8,11-3)4-7(10)12/h11H,4-6H2,1-3H3,(H2,10,12). The molecule has 1 aliphatic rings. The second-order valence-corrected chi connectivity index (χ2v) is 4.35. The third kappa shape index (κ3) is 1.69. The minimum atomic E-state index is -0.293. The van der Waals surface area contributed by atoms with Crippen molar-refractivity contribution in [1.82, 2.24) is 5.32 Å². The van der Waals surface area contributed by atoms with Gasteiger partial charge in [-0.05, 0) is 7.05 Å². The summed E-state index contributed by atoms with van der Waals surface area (Å²) < 4.78 is 5.40. The van der Waals surface area contributed by atoms with Crippen LogP contribution in [0.15, 0.2) is 0 Å². The van der Waals surface area contributed by atoms with E-state index in [1.807, 2.05) is 7.05 Å². The Balaban J connectivity index is 2.85. The van der Waals surface area contributed by atoms with E-state index >= 15 is 0 Å². The van der Waals surface area contributed by atoms with Gasteiger partial charge in [0, 0.05) is 11.8 Å². The molecule has 0 aromatic heterocycles. The van der Waals surface area contributed by atoms with E-state index in [2.05, 4.69) is 19.2 Å². The Morgan fingerprint density at radius 1 is 1.54 bits per heavy atom. The Kier molecular flexibility index (Phi) is 2.63. The van der Waals surface area contributed by atoms with E-state index in [4.69, 9.17) is 10.5 Å². The van der Waals surface area contributed by atoms with Crippen molar-refractivity contribution in [2.45, 2.75) is 25.8 Å². The molecule has 0 radical (unpaired) electrons. The van der Waals surface area contributed by atoms with E-state index < -0.39 is 0 Å². The molecule has 1 saturated heterocycles. The average Bonchev–Trinajstić information content (AvgIpc) is 2.27. The summed E-state index contributed by atoms with van der Waals surface area (Å²) in [6.07, 6.45) is 0.330. The second kappa shape index (κ2) is 3.27. The summed E-state index contributed by atoms with van der Waals surface area (Å²) in [5.41, 5.74) is 4.88. The smallest absolute Gasteiger partial charge is 0.219 e. The fourth-order valence-electron chi connectivity index (χ4n) is 1.90. The molecule has 1 unspecified atom stereocenters. The third-order valence-corrected chi connectivity index (χ3v) is 3.06. The molecule has 1 heterocycles. The van der Waals surface area contributed by atoms with Crippen LogP contribution in [0.3, 0.4) is 0 Å². The van der Waals surface area contributed by atoms with Crippen molar-refractivity contribution in [2.75, 3.05) is 20.3 Å².